The number of alkyl halides is 3. The minimum Gasteiger partial charge on any atom is -0.363 e. The lowest BCUT2D eigenvalue weighted by atomic mass is 9.77. The molecule has 3 N–H and O–H groups in total. The Hall–Kier alpha value is -2.39. The first-order valence-electron chi connectivity index (χ1n) is 7.86. The summed E-state index contributed by atoms with van der Waals surface area (Å²) in [5, 5.41) is 14.3. The van der Waals surface area contributed by atoms with Gasteiger partial charge in [0.25, 0.3) is 0 Å². The van der Waals surface area contributed by atoms with Crippen LogP contribution in [-0.2, 0) is 0 Å². The number of aliphatic hydroxyl groups is 1. The van der Waals surface area contributed by atoms with Crippen molar-refractivity contribution in [3.05, 3.63) is 70.2 Å². The SMILES string of the molecule is O=C1N[C@H](c2ccccc2)[C@H](C(=O)c2ccc(Br)cc2)[C@](O)(C(F)(F)F)N1. The molecule has 142 valence electrons. The number of Topliss-reactive ketones (excluding diaryl/α,β-unsaturated/α-hetero) is 1. The molecule has 0 aliphatic carbocycles. The van der Waals surface area contributed by atoms with Crippen molar-refractivity contribution >= 4 is 27.7 Å². The lowest BCUT2D eigenvalue weighted by Gasteiger charge is -2.45. The van der Waals surface area contributed by atoms with Crippen molar-refractivity contribution in [3.63, 3.8) is 0 Å². The fraction of sp³-hybridized carbons (Fsp3) is 0.222. The maximum Gasteiger partial charge on any atom is 0.437 e. The highest BCUT2D eigenvalue weighted by Crippen LogP contribution is 2.43. The third-order valence-corrected chi connectivity index (χ3v) is 4.90. The molecule has 0 saturated carbocycles. The first-order chi connectivity index (χ1) is 12.6. The molecule has 27 heavy (non-hydrogen) atoms. The van der Waals surface area contributed by atoms with Crippen LogP contribution in [0, 0.1) is 5.92 Å². The van der Waals surface area contributed by atoms with Crippen molar-refractivity contribution in [2.75, 3.05) is 0 Å². The molecule has 0 radical (unpaired) electrons. The van der Waals surface area contributed by atoms with Crippen molar-refractivity contribution < 1.29 is 27.9 Å². The number of carbonyl (C=O) groups is 2. The average Bonchev–Trinajstić information content (AvgIpc) is 2.61. The van der Waals surface area contributed by atoms with E-state index in [0.717, 1.165) is 0 Å². The van der Waals surface area contributed by atoms with Gasteiger partial charge in [-0.05, 0) is 17.7 Å². The number of amides is 2. The predicted octanol–water partition coefficient (Wildman–Crippen LogP) is 3.55. The van der Waals surface area contributed by atoms with Crippen LogP contribution in [0.15, 0.2) is 59.1 Å². The van der Waals surface area contributed by atoms with E-state index in [4.69, 9.17) is 0 Å². The summed E-state index contributed by atoms with van der Waals surface area (Å²) in [7, 11) is 0. The van der Waals surface area contributed by atoms with Crippen LogP contribution in [0.4, 0.5) is 18.0 Å². The van der Waals surface area contributed by atoms with E-state index in [1.165, 1.54) is 41.7 Å². The minimum atomic E-state index is -5.27. The molecule has 0 spiro atoms. The van der Waals surface area contributed by atoms with Gasteiger partial charge in [-0.3, -0.25) is 4.79 Å². The number of hydrogen-bond donors (Lipinski definition) is 3. The Morgan fingerprint density at radius 1 is 1.07 bits per heavy atom. The Morgan fingerprint density at radius 3 is 2.22 bits per heavy atom. The molecular weight excluding hydrogens is 429 g/mol. The highest BCUT2D eigenvalue weighted by atomic mass is 79.9. The lowest BCUT2D eigenvalue weighted by Crippen LogP contribution is -2.72. The van der Waals surface area contributed by atoms with Crippen LogP contribution in [-0.4, -0.2) is 28.8 Å². The third kappa shape index (κ3) is 3.57. The normalized spacial score (nSPS) is 25.4. The molecule has 1 heterocycles. The quantitative estimate of drug-likeness (QED) is 0.636. The van der Waals surface area contributed by atoms with Crippen LogP contribution in [0.2, 0.25) is 0 Å². The van der Waals surface area contributed by atoms with Crippen LogP contribution < -0.4 is 10.6 Å². The van der Waals surface area contributed by atoms with Gasteiger partial charge in [-0.2, -0.15) is 13.2 Å². The third-order valence-electron chi connectivity index (χ3n) is 4.38. The highest BCUT2D eigenvalue weighted by Gasteiger charge is 2.66. The van der Waals surface area contributed by atoms with Gasteiger partial charge in [-0.15, -0.1) is 0 Å². The Bertz CT molecular complexity index is 858. The molecule has 1 aliphatic rings. The van der Waals surface area contributed by atoms with Gasteiger partial charge in [-0.25, -0.2) is 4.79 Å². The number of hydrogen-bond acceptors (Lipinski definition) is 3. The molecule has 1 aliphatic heterocycles. The topological polar surface area (TPSA) is 78.4 Å². The second-order valence-electron chi connectivity index (χ2n) is 6.10. The Balaban J connectivity index is 2.15. The summed E-state index contributed by atoms with van der Waals surface area (Å²) < 4.78 is 41.8. The number of halogens is 4. The van der Waals surface area contributed by atoms with Gasteiger partial charge in [0.15, 0.2) is 5.78 Å². The van der Waals surface area contributed by atoms with Crippen molar-refractivity contribution in [2.45, 2.75) is 17.9 Å². The van der Waals surface area contributed by atoms with E-state index in [1.54, 1.807) is 18.2 Å². The molecule has 9 heteroatoms. The van der Waals surface area contributed by atoms with Crippen LogP contribution in [0.5, 0.6) is 0 Å². The van der Waals surface area contributed by atoms with Gasteiger partial charge in [0, 0.05) is 10.0 Å². The Morgan fingerprint density at radius 2 is 1.67 bits per heavy atom. The smallest absolute Gasteiger partial charge is 0.363 e. The van der Waals surface area contributed by atoms with Crippen molar-refractivity contribution in [1.29, 1.82) is 0 Å². The molecule has 0 bridgehead atoms. The first kappa shape index (κ1) is 19.4. The molecule has 1 saturated heterocycles. The van der Waals surface area contributed by atoms with Gasteiger partial charge in [0.1, 0.15) is 5.92 Å². The fourth-order valence-electron chi connectivity index (χ4n) is 3.07. The van der Waals surface area contributed by atoms with Crippen LogP contribution in [0.25, 0.3) is 0 Å². The lowest BCUT2D eigenvalue weighted by molar-refractivity contribution is -0.287. The van der Waals surface area contributed by atoms with Crippen molar-refractivity contribution in [1.82, 2.24) is 10.6 Å². The van der Waals surface area contributed by atoms with Gasteiger partial charge in [0.2, 0.25) is 5.72 Å². The van der Waals surface area contributed by atoms with E-state index in [2.05, 4.69) is 21.2 Å². The maximum atomic E-state index is 13.7. The van der Waals surface area contributed by atoms with Gasteiger partial charge < -0.3 is 15.7 Å². The van der Waals surface area contributed by atoms with E-state index < -0.39 is 35.7 Å². The second-order valence-corrected chi connectivity index (χ2v) is 7.02. The predicted molar refractivity (Wildman–Crippen MR) is 93.8 cm³/mol. The van der Waals surface area contributed by atoms with E-state index in [9.17, 15) is 27.9 Å². The summed E-state index contributed by atoms with van der Waals surface area (Å²) >= 11 is 3.19. The maximum absolute atomic E-state index is 13.7. The number of nitrogens with one attached hydrogen (secondary N) is 2. The van der Waals surface area contributed by atoms with Crippen molar-refractivity contribution in [2.24, 2.45) is 5.92 Å². The summed E-state index contributed by atoms with van der Waals surface area (Å²) in [4.78, 5) is 24.9. The van der Waals surface area contributed by atoms with E-state index in [-0.39, 0.29) is 11.1 Å². The molecule has 3 atom stereocenters. The molecule has 1 fully saturated rings. The summed E-state index contributed by atoms with van der Waals surface area (Å²) in [5.41, 5.74) is -3.48. The highest BCUT2D eigenvalue weighted by molar-refractivity contribution is 9.10. The standard InChI is InChI=1S/C18H14BrF3N2O3/c19-12-8-6-11(7-9-12)15(25)13-14(10-4-2-1-3-5-10)23-16(26)24-17(13,27)18(20,21)22/h1-9,13-14,27H,(H2,23,24,26)/t13-,14-,17+/m1/s1. The average molecular weight is 443 g/mol. The van der Waals surface area contributed by atoms with E-state index >= 15 is 0 Å². The van der Waals surface area contributed by atoms with Gasteiger partial charge in [-0.1, -0.05) is 58.4 Å². The molecule has 5 nitrogen and oxygen atoms in total. The summed E-state index contributed by atoms with van der Waals surface area (Å²) in [6.45, 7) is 0. The number of ketones is 1. The fourth-order valence-corrected chi connectivity index (χ4v) is 3.34. The number of urea groups is 1. The zero-order chi connectivity index (χ0) is 19.8. The monoisotopic (exact) mass is 442 g/mol. The van der Waals surface area contributed by atoms with Gasteiger partial charge in [0.05, 0.1) is 6.04 Å². The van der Waals surface area contributed by atoms with Crippen LogP contribution >= 0.6 is 15.9 Å². The van der Waals surface area contributed by atoms with Gasteiger partial charge >= 0.3 is 12.2 Å². The number of benzene rings is 2. The molecule has 2 amide bonds. The zero-order valence-electron chi connectivity index (χ0n) is 13.6. The molecule has 0 unspecified atom stereocenters. The molecule has 3 rings (SSSR count). The van der Waals surface area contributed by atoms with Crippen LogP contribution in [0.3, 0.4) is 0 Å². The molecular formula is C18H14BrF3N2O3. The van der Waals surface area contributed by atoms with Crippen LogP contribution in [0.1, 0.15) is 22.0 Å². The van der Waals surface area contributed by atoms with E-state index in [0.29, 0.717) is 4.47 Å². The minimum absolute atomic E-state index is 0.0234. The summed E-state index contributed by atoms with van der Waals surface area (Å²) in [6.07, 6.45) is -5.27. The molecule has 2 aromatic rings. The summed E-state index contributed by atoms with van der Waals surface area (Å²) in [5.74, 6) is -2.98. The molecule has 0 aromatic heterocycles. The first-order valence-corrected chi connectivity index (χ1v) is 8.65. The van der Waals surface area contributed by atoms with Crippen molar-refractivity contribution in [3.8, 4) is 0 Å². The second kappa shape index (κ2) is 6.97. The summed E-state index contributed by atoms with van der Waals surface area (Å²) in [6, 6.07) is 10.9. The zero-order valence-corrected chi connectivity index (χ0v) is 15.2. The number of carbonyl (C=O) groups excluding carboxylic acids is 2. The largest absolute Gasteiger partial charge is 0.437 e. The Kier molecular flexibility index (Phi) is 5.00. The molecule has 2 aromatic carbocycles. The van der Waals surface area contributed by atoms with E-state index in [1.807, 2.05) is 0 Å². The Labute approximate surface area is 160 Å². The number of rotatable bonds is 3.